The van der Waals surface area contributed by atoms with Crippen molar-refractivity contribution in [1.29, 1.82) is 0 Å². The van der Waals surface area contributed by atoms with Gasteiger partial charge in [-0.05, 0) is 36.8 Å². The van der Waals surface area contributed by atoms with Crippen molar-refractivity contribution in [3.63, 3.8) is 0 Å². The lowest BCUT2D eigenvalue weighted by molar-refractivity contribution is 0.0600. The molecular formula is C21H22N4O3. The van der Waals surface area contributed by atoms with Gasteiger partial charge in [0.15, 0.2) is 6.23 Å². The van der Waals surface area contributed by atoms with Crippen molar-refractivity contribution in [3.05, 3.63) is 77.1 Å². The number of hydrogen-bond acceptors (Lipinski definition) is 6. The molecule has 1 saturated heterocycles. The highest BCUT2D eigenvalue weighted by atomic mass is 16.5. The third kappa shape index (κ3) is 3.75. The van der Waals surface area contributed by atoms with Gasteiger partial charge in [0.2, 0.25) is 0 Å². The van der Waals surface area contributed by atoms with E-state index in [0.717, 1.165) is 23.5 Å². The van der Waals surface area contributed by atoms with Crippen LogP contribution in [-0.2, 0) is 16.0 Å². The Morgan fingerprint density at radius 2 is 2.07 bits per heavy atom. The maximum atomic E-state index is 11.7. The summed E-state index contributed by atoms with van der Waals surface area (Å²) in [4.78, 5) is 13.9. The van der Waals surface area contributed by atoms with E-state index in [2.05, 4.69) is 46.4 Å². The van der Waals surface area contributed by atoms with Gasteiger partial charge in [-0.25, -0.2) is 9.48 Å². The summed E-state index contributed by atoms with van der Waals surface area (Å²) in [6.07, 6.45) is 1.64. The first kappa shape index (κ1) is 18.2. The Kier molecular flexibility index (Phi) is 5.08. The Morgan fingerprint density at radius 3 is 2.86 bits per heavy atom. The van der Waals surface area contributed by atoms with Crippen molar-refractivity contribution >= 4 is 11.7 Å². The van der Waals surface area contributed by atoms with E-state index in [9.17, 15) is 4.79 Å². The standard InChI is InChI=1S/C21H22N4O3/c1-15-6-8-18(9-7-15)25-10-11-28-20(25)19-14-24(23-22-19)13-16-4-3-5-17(12-16)21(26)27-2/h3-9,12,14,20H,10-11,13H2,1-2H3/t20-/m0/s1. The van der Waals surface area contributed by atoms with Crippen LogP contribution in [0.4, 0.5) is 5.69 Å². The Bertz CT molecular complexity index is 968. The van der Waals surface area contributed by atoms with Crippen LogP contribution >= 0.6 is 0 Å². The van der Waals surface area contributed by atoms with Crippen molar-refractivity contribution in [3.8, 4) is 0 Å². The van der Waals surface area contributed by atoms with Crippen molar-refractivity contribution in [2.75, 3.05) is 25.2 Å². The van der Waals surface area contributed by atoms with Crippen LogP contribution in [0.15, 0.2) is 54.7 Å². The van der Waals surface area contributed by atoms with Gasteiger partial charge in [0.1, 0.15) is 5.69 Å². The molecule has 0 N–H and O–H groups in total. The minimum absolute atomic E-state index is 0.252. The van der Waals surface area contributed by atoms with Gasteiger partial charge in [-0.2, -0.15) is 0 Å². The minimum Gasteiger partial charge on any atom is -0.465 e. The molecule has 7 nitrogen and oxygen atoms in total. The summed E-state index contributed by atoms with van der Waals surface area (Å²) in [6.45, 7) is 4.03. The summed E-state index contributed by atoms with van der Waals surface area (Å²) in [6, 6.07) is 15.7. The van der Waals surface area contributed by atoms with Gasteiger partial charge in [0.25, 0.3) is 0 Å². The fourth-order valence-electron chi connectivity index (χ4n) is 3.32. The number of hydrogen-bond donors (Lipinski definition) is 0. The van der Waals surface area contributed by atoms with E-state index in [1.54, 1.807) is 16.8 Å². The number of ether oxygens (including phenoxy) is 2. The highest BCUT2D eigenvalue weighted by Crippen LogP contribution is 2.31. The predicted octanol–water partition coefficient (Wildman–Crippen LogP) is 2.96. The van der Waals surface area contributed by atoms with E-state index in [4.69, 9.17) is 9.47 Å². The van der Waals surface area contributed by atoms with Crippen LogP contribution in [0.5, 0.6) is 0 Å². The summed E-state index contributed by atoms with van der Waals surface area (Å²) in [5.74, 6) is -0.353. The molecule has 0 bridgehead atoms. The van der Waals surface area contributed by atoms with E-state index in [1.165, 1.54) is 12.7 Å². The summed E-state index contributed by atoms with van der Waals surface area (Å²) >= 11 is 0. The number of rotatable bonds is 5. The monoisotopic (exact) mass is 378 g/mol. The molecule has 1 atom stereocenters. The zero-order valence-corrected chi connectivity index (χ0v) is 15.9. The first-order valence-electron chi connectivity index (χ1n) is 9.16. The fourth-order valence-corrected chi connectivity index (χ4v) is 3.32. The van der Waals surface area contributed by atoms with Crippen molar-refractivity contribution in [2.24, 2.45) is 0 Å². The Morgan fingerprint density at radius 1 is 1.25 bits per heavy atom. The van der Waals surface area contributed by atoms with Gasteiger partial charge >= 0.3 is 5.97 Å². The molecule has 28 heavy (non-hydrogen) atoms. The van der Waals surface area contributed by atoms with Crippen LogP contribution in [0, 0.1) is 6.92 Å². The fraction of sp³-hybridized carbons (Fsp3) is 0.286. The average molecular weight is 378 g/mol. The van der Waals surface area contributed by atoms with Crippen LogP contribution in [0.1, 0.15) is 33.4 Å². The van der Waals surface area contributed by atoms with Crippen LogP contribution in [0.25, 0.3) is 0 Å². The second kappa shape index (κ2) is 7.82. The first-order chi connectivity index (χ1) is 13.6. The molecule has 1 aromatic heterocycles. The second-order valence-electron chi connectivity index (χ2n) is 6.79. The van der Waals surface area contributed by atoms with E-state index in [-0.39, 0.29) is 12.2 Å². The smallest absolute Gasteiger partial charge is 0.337 e. The number of carbonyl (C=O) groups excluding carboxylic acids is 1. The summed E-state index contributed by atoms with van der Waals surface area (Å²) in [5.41, 5.74) is 4.56. The van der Waals surface area contributed by atoms with Crippen LogP contribution in [0.3, 0.4) is 0 Å². The van der Waals surface area contributed by atoms with Gasteiger partial charge < -0.3 is 14.4 Å². The minimum atomic E-state index is -0.353. The lowest BCUT2D eigenvalue weighted by Crippen LogP contribution is -2.23. The zero-order valence-electron chi connectivity index (χ0n) is 15.9. The maximum absolute atomic E-state index is 11.7. The lowest BCUT2D eigenvalue weighted by Gasteiger charge is -2.23. The third-order valence-electron chi connectivity index (χ3n) is 4.76. The molecule has 2 aromatic carbocycles. The Balaban J connectivity index is 1.51. The maximum Gasteiger partial charge on any atom is 0.337 e. The molecule has 1 aliphatic heterocycles. The predicted molar refractivity (Wildman–Crippen MR) is 104 cm³/mol. The molecule has 0 saturated carbocycles. The number of anilines is 1. The Hall–Kier alpha value is -3.19. The molecule has 0 radical (unpaired) electrons. The normalized spacial score (nSPS) is 16.4. The number of aryl methyl sites for hydroxylation is 1. The van der Waals surface area contributed by atoms with Crippen LogP contribution < -0.4 is 4.90 Å². The highest BCUT2D eigenvalue weighted by Gasteiger charge is 2.29. The lowest BCUT2D eigenvalue weighted by atomic mass is 10.1. The van der Waals surface area contributed by atoms with Gasteiger partial charge in [-0.15, -0.1) is 5.10 Å². The quantitative estimate of drug-likeness (QED) is 0.636. The molecule has 3 aromatic rings. The molecule has 0 spiro atoms. The van der Waals surface area contributed by atoms with Gasteiger partial charge in [-0.1, -0.05) is 35.0 Å². The van der Waals surface area contributed by atoms with Crippen LogP contribution in [0.2, 0.25) is 0 Å². The van der Waals surface area contributed by atoms with E-state index in [1.807, 2.05) is 18.3 Å². The highest BCUT2D eigenvalue weighted by molar-refractivity contribution is 5.89. The van der Waals surface area contributed by atoms with Crippen LogP contribution in [-0.4, -0.2) is 41.2 Å². The summed E-state index contributed by atoms with van der Waals surface area (Å²) < 4.78 is 12.4. The molecule has 7 heteroatoms. The molecule has 0 unspecified atom stereocenters. The molecule has 144 valence electrons. The number of aromatic nitrogens is 3. The topological polar surface area (TPSA) is 69.5 Å². The van der Waals surface area contributed by atoms with E-state index >= 15 is 0 Å². The van der Waals surface area contributed by atoms with Crippen molar-refractivity contribution in [2.45, 2.75) is 19.7 Å². The summed E-state index contributed by atoms with van der Waals surface area (Å²) in [7, 11) is 1.38. The third-order valence-corrected chi connectivity index (χ3v) is 4.76. The molecule has 0 aliphatic carbocycles. The molecule has 0 amide bonds. The number of benzene rings is 2. The van der Waals surface area contributed by atoms with Gasteiger partial charge in [0.05, 0.1) is 32.0 Å². The number of nitrogens with zero attached hydrogens (tertiary/aromatic N) is 4. The first-order valence-corrected chi connectivity index (χ1v) is 9.16. The largest absolute Gasteiger partial charge is 0.465 e. The van der Waals surface area contributed by atoms with Crippen molar-refractivity contribution < 1.29 is 14.3 Å². The van der Waals surface area contributed by atoms with Crippen molar-refractivity contribution in [1.82, 2.24) is 15.0 Å². The molecule has 2 heterocycles. The second-order valence-corrected chi connectivity index (χ2v) is 6.79. The molecule has 1 fully saturated rings. The van der Waals surface area contributed by atoms with E-state index in [0.29, 0.717) is 18.7 Å². The van der Waals surface area contributed by atoms with E-state index < -0.39 is 0 Å². The molecule has 4 rings (SSSR count). The number of methoxy groups -OCH3 is 1. The number of carbonyl (C=O) groups is 1. The summed E-state index contributed by atoms with van der Waals surface area (Å²) in [5, 5.41) is 8.55. The molecule has 1 aliphatic rings. The molecular weight excluding hydrogens is 356 g/mol. The van der Waals surface area contributed by atoms with Gasteiger partial charge in [0, 0.05) is 12.2 Å². The average Bonchev–Trinajstić information content (AvgIpc) is 3.37. The Labute approximate surface area is 163 Å². The number of esters is 1. The SMILES string of the molecule is COC(=O)c1cccc(Cn2cc([C@@H]3OCCN3c3ccc(C)cc3)nn2)c1. The van der Waals surface area contributed by atoms with Gasteiger partial charge in [-0.3, -0.25) is 0 Å². The zero-order chi connectivity index (χ0) is 19.5.